The SMILES string of the molecule is COc1ccc(/C=C/c2ccnc(-c3[c-]cccc3)c2)cc1.COc1ccc(/C=C/c2ccnc(-c3[c-]cccc3)c2)cc1.COc1ccc(/C=C/c2ccnc(-c3[c-]cccc3)c2)cc1.[Ir+3]. The number of nitrogens with zero attached hydrogens (tertiary/aromatic N) is 3. The molecule has 3 aromatic heterocycles. The van der Waals surface area contributed by atoms with E-state index < -0.39 is 0 Å². The number of hydrogen-bond acceptors (Lipinski definition) is 6. The van der Waals surface area contributed by atoms with Crippen molar-refractivity contribution in [2.24, 2.45) is 0 Å². The van der Waals surface area contributed by atoms with E-state index in [9.17, 15) is 0 Å². The minimum Gasteiger partial charge on any atom is -0.497 e. The maximum atomic E-state index is 5.16. The smallest absolute Gasteiger partial charge is 0.497 e. The molecule has 0 atom stereocenters. The molecule has 67 heavy (non-hydrogen) atoms. The number of ether oxygens (including phenoxy) is 3. The Bertz CT molecular complexity index is 2620. The molecule has 0 amide bonds. The Morgan fingerprint density at radius 3 is 0.836 bits per heavy atom. The third-order valence-corrected chi connectivity index (χ3v) is 10.1. The van der Waals surface area contributed by atoms with Gasteiger partial charge in [0.15, 0.2) is 0 Å². The molecule has 3 heterocycles. The minimum absolute atomic E-state index is 0. The summed E-state index contributed by atoms with van der Waals surface area (Å²) >= 11 is 0. The molecule has 9 rings (SSSR count). The summed E-state index contributed by atoms with van der Waals surface area (Å²) in [6.07, 6.45) is 17.9. The van der Waals surface area contributed by atoms with Crippen LogP contribution in [0, 0.1) is 18.2 Å². The van der Waals surface area contributed by atoms with Crippen LogP contribution < -0.4 is 14.2 Å². The van der Waals surface area contributed by atoms with Crippen LogP contribution in [0.1, 0.15) is 33.4 Å². The Balaban J connectivity index is 0.000000165. The van der Waals surface area contributed by atoms with E-state index in [0.29, 0.717) is 0 Å². The molecule has 0 aliphatic carbocycles. The van der Waals surface area contributed by atoms with Gasteiger partial charge in [-0.1, -0.05) is 91.1 Å². The van der Waals surface area contributed by atoms with Gasteiger partial charge in [-0.2, -0.15) is 0 Å². The van der Waals surface area contributed by atoms with E-state index in [4.69, 9.17) is 14.2 Å². The van der Waals surface area contributed by atoms with Gasteiger partial charge in [0, 0.05) is 18.6 Å². The van der Waals surface area contributed by atoms with Crippen molar-refractivity contribution in [3.8, 4) is 51.0 Å². The van der Waals surface area contributed by atoms with Crippen LogP contribution in [0.15, 0.2) is 201 Å². The first-order chi connectivity index (χ1) is 32.5. The van der Waals surface area contributed by atoms with Crippen LogP contribution in [0.4, 0.5) is 0 Å². The molecule has 0 N–H and O–H groups in total. The molecule has 6 nitrogen and oxygen atoms in total. The first kappa shape index (κ1) is 48.5. The second-order valence-electron chi connectivity index (χ2n) is 14.6. The fourth-order valence-electron chi connectivity index (χ4n) is 6.47. The van der Waals surface area contributed by atoms with Crippen LogP contribution in [-0.2, 0) is 20.1 Å². The van der Waals surface area contributed by atoms with Gasteiger partial charge >= 0.3 is 20.1 Å². The number of pyridine rings is 3. The molecule has 0 spiro atoms. The Morgan fingerprint density at radius 1 is 0.328 bits per heavy atom. The molecular weight excluding hydrogens is 1000 g/mol. The number of methoxy groups -OCH3 is 3. The maximum Gasteiger partial charge on any atom is 3.00 e. The van der Waals surface area contributed by atoms with Crippen molar-refractivity contribution in [3.05, 3.63) is 252 Å². The van der Waals surface area contributed by atoms with E-state index in [2.05, 4.69) is 87.8 Å². The second kappa shape index (κ2) is 26.1. The van der Waals surface area contributed by atoms with Crippen molar-refractivity contribution in [2.75, 3.05) is 21.3 Å². The second-order valence-corrected chi connectivity index (χ2v) is 14.6. The van der Waals surface area contributed by atoms with E-state index in [-0.39, 0.29) is 20.1 Å². The van der Waals surface area contributed by atoms with Gasteiger partial charge < -0.3 is 29.2 Å². The summed E-state index contributed by atoms with van der Waals surface area (Å²) in [6.45, 7) is 0. The fourth-order valence-corrected chi connectivity index (χ4v) is 6.47. The van der Waals surface area contributed by atoms with Crippen LogP contribution in [0.3, 0.4) is 0 Å². The molecule has 0 aliphatic heterocycles. The van der Waals surface area contributed by atoms with Crippen molar-refractivity contribution < 1.29 is 34.3 Å². The number of hydrogen-bond donors (Lipinski definition) is 0. The first-order valence-electron chi connectivity index (χ1n) is 21.3. The Kier molecular flexibility index (Phi) is 18.9. The number of rotatable bonds is 12. The van der Waals surface area contributed by atoms with Gasteiger partial charge in [0.1, 0.15) is 17.2 Å². The fraction of sp³-hybridized carbons (Fsp3) is 0.0500. The first-order valence-corrected chi connectivity index (χ1v) is 21.3. The molecule has 0 bridgehead atoms. The average Bonchev–Trinajstić information content (AvgIpc) is 3.41. The quantitative estimate of drug-likeness (QED) is 0.114. The molecule has 7 heteroatoms. The van der Waals surface area contributed by atoms with E-state index >= 15 is 0 Å². The third kappa shape index (κ3) is 15.3. The molecule has 0 aliphatic rings. The molecule has 0 unspecified atom stereocenters. The van der Waals surface area contributed by atoms with Crippen molar-refractivity contribution in [1.82, 2.24) is 15.0 Å². The zero-order valence-corrected chi connectivity index (χ0v) is 39.8. The van der Waals surface area contributed by atoms with Crippen LogP contribution in [0.25, 0.3) is 70.2 Å². The molecule has 0 saturated heterocycles. The van der Waals surface area contributed by atoms with Crippen molar-refractivity contribution in [1.29, 1.82) is 0 Å². The Labute approximate surface area is 408 Å². The standard InChI is InChI=1S/3C20H16NO.Ir/c3*1-22-19-11-9-16(10-12-19)7-8-17-13-14-21-20(15-17)18-5-3-2-4-6-18;/h3*2-5,7-15H,1H3;/q3*-1;+3/b3*8-7+;. The Morgan fingerprint density at radius 2 is 0.597 bits per heavy atom. The van der Waals surface area contributed by atoms with Gasteiger partial charge in [0.25, 0.3) is 0 Å². The van der Waals surface area contributed by atoms with Gasteiger partial charge in [-0.3, -0.25) is 0 Å². The van der Waals surface area contributed by atoms with E-state index in [1.54, 1.807) is 21.3 Å². The summed E-state index contributed by atoms with van der Waals surface area (Å²) in [4.78, 5) is 13.2. The van der Waals surface area contributed by atoms with E-state index in [1.807, 2.05) is 182 Å². The summed E-state index contributed by atoms with van der Waals surface area (Å²) < 4.78 is 15.5. The largest absolute Gasteiger partial charge is 3.00 e. The summed E-state index contributed by atoms with van der Waals surface area (Å²) in [5, 5.41) is 0. The molecule has 0 radical (unpaired) electrons. The van der Waals surface area contributed by atoms with E-state index in [0.717, 1.165) is 84.4 Å². The molecule has 0 saturated carbocycles. The van der Waals surface area contributed by atoms with Crippen molar-refractivity contribution in [3.63, 3.8) is 0 Å². The van der Waals surface area contributed by atoms with Crippen LogP contribution >= 0.6 is 0 Å². The summed E-state index contributed by atoms with van der Waals surface area (Å²) in [7, 11) is 5.01. The van der Waals surface area contributed by atoms with E-state index in [1.165, 1.54) is 0 Å². The molecule has 0 fully saturated rings. The van der Waals surface area contributed by atoms with Gasteiger partial charge in [-0.05, 0) is 105 Å². The monoisotopic (exact) mass is 1050 g/mol. The van der Waals surface area contributed by atoms with Gasteiger partial charge in [0.05, 0.1) is 21.3 Å². The van der Waals surface area contributed by atoms with Crippen molar-refractivity contribution in [2.45, 2.75) is 0 Å². The minimum atomic E-state index is 0. The predicted molar refractivity (Wildman–Crippen MR) is 271 cm³/mol. The maximum absolute atomic E-state index is 5.16. The van der Waals surface area contributed by atoms with Gasteiger partial charge in [0.2, 0.25) is 0 Å². The third-order valence-electron chi connectivity index (χ3n) is 10.1. The Hall–Kier alpha value is -7.96. The van der Waals surface area contributed by atoms with Crippen molar-refractivity contribution >= 4 is 36.5 Å². The summed E-state index contributed by atoms with van der Waals surface area (Å²) in [5.41, 5.74) is 12.5. The normalized spacial score (nSPS) is 10.6. The van der Waals surface area contributed by atoms with Gasteiger partial charge in [-0.25, -0.2) is 0 Å². The molecule has 6 aromatic carbocycles. The van der Waals surface area contributed by atoms with Crippen LogP contribution in [-0.4, -0.2) is 36.3 Å². The summed E-state index contributed by atoms with van der Waals surface area (Å²) in [5.74, 6) is 2.59. The predicted octanol–water partition coefficient (Wildman–Crippen LogP) is 14.2. The zero-order chi connectivity index (χ0) is 45.6. The van der Waals surface area contributed by atoms with Crippen LogP contribution in [0.5, 0.6) is 17.2 Å². The average molecular weight is 1050 g/mol. The number of benzene rings is 6. The molecule has 9 aromatic rings. The van der Waals surface area contributed by atoms with Gasteiger partial charge in [-0.15, -0.1) is 108 Å². The van der Waals surface area contributed by atoms with Crippen LogP contribution in [0.2, 0.25) is 0 Å². The molecular formula is C60H48IrN3O3. The zero-order valence-electron chi connectivity index (χ0n) is 37.4. The topological polar surface area (TPSA) is 66.4 Å². The number of aromatic nitrogens is 3. The summed E-state index contributed by atoms with van der Waals surface area (Å²) in [6, 6.07) is 69.3. The molecule has 330 valence electrons.